The standard InChI is InChI=1S/C40H42N2O6S2/c1-3-5-7-9-11-13-19-41-37(45)29-21-28(32-18-16-26(24-44)50-32)36-34-30(38(46)42(40(36)48)20-14-12-10-8-6-4-2)22-27(35(33(29)34)39(41)47)31-17-15-25(23-43)49-31/h15-18,21-24H,3-14,19-20H2,1-2H3. The van der Waals surface area contributed by atoms with E-state index in [0.29, 0.717) is 54.2 Å². The molecule has 2 aliphatic heterocycles. The van der Waals surface area contributed by atoms with Gasteiger partial charge in [0.05, 0.1) is 20.9 Å². The summed E-state index contributed by atoms with van der Waals surface area (Å²) in [7, 11) is 0. The molecule has 0 fully saturated rings. The van der Waals surface area contributed by atoms with Crippen molar-refractivity contribution in [1.82, 2.24) is 9.80 Å². The van der Waals surface area contributed by atoms with Crippen LogP contribution in [0.15, 0.2) is 36.4 Å². The minimum Gasteiger partial charge on any atom is -0.297 e. The third kappa shape index (κ3) is 6.63. The van der Waals surface area contributed by atoms with Gasteiger partial charge in [0.15, 0.2) is 12.6 Å². The molecule has 4 amide bonds. The lowest BCUT2D eigenvalue weighted by Gasteiger charge is -2.34. The highest BCUT2D eigenvalue weighted by Crippen LogP contribution is 2.47. The first-order chi connectivity index (χ1) is 24.3. The first-order valence-electron chi connectivity index (χ1n) is 17.8. The van der Waals surface area contributed by atoms with E-state index in [9.17, 15) is 28.8 Å². The van der Waals surface area contributed by atoms with E-state index < -0.39 is 23.6 Å². The van der Waals surface area contributed by atoms with Gasteiger partial charge in [0.2, 0.25) is 0 Å². The molecule has 0 unspecified atom stereocenters. The molecule has 0 saturated carbocycles. The van der Waals surface area contributed by atoms with Crippen LogP contribution in [-0.2, 0) is 0 Å². The second-order valence-electron chi connectivity index (χ2n) is 13.1. The number of imide groups is 2. The van der Waals surface area contributed by atoms with E-state index in [-0.39, 0.29) is 35.3 Å². The molecule has 10 heteroatoms. The SMILES string of the molecule is CCCCCCCCN1C(=O)c2cc(-c3ccc(C=O)s3)c3c4c(cc(-c5ccc(C=O)s5)c(c24)C1=O)C(=O)N(CCCCCCCC)C3=O. The van der Waals surface area contributed by atoms with Crippen LogP contribution in [0.1, 0.15) is 152 Å². The van der Waals surface area contributed by atoms with Crippen LogP contribution in [0.3, 0.4) is 0 Å². The molecule has 4 heterocycles. The Morgan fingerprint density at radius 3 is 1.24 bits per heavy atom. The van der Waals surface area contributed by atoms with Crippen LogP contribution in [0.5, 0.6) is 0 Å². The third-order valence-corrected chi connectivity index (χ3v) is 11.8. The topological polar surface area (TPSA) is 109 Å². The number of hydrogen-bond acceptors (Lipinski definition) is 8. The van der Waals surface area contributed by atoms with Crippen molar-refractivity contribution in [2.45, 2.75) is 90.9 Å². The summed E-state index contributed by atoms with van der Waals surface area (Å²) in [4.78, 5) is 85.9. The van der Waals surface area contributed by atoms with Crippen LogP contribution >= 0.6 is 22.7 Å². The Hall–Kier alpha value is -4.28. The molecule has 0 N–H and O–H groups in total. The van der Waals surface area contributed by atoms with E-state index in [1.165, 1.54) is 32.5 Å². The average Bonchev–Trinajstić information content (AvgIpc) is 3.81. The number of aldehydes is 2. The quantitative estimate of drug-likeness (QED) is 0.0578. The smallest absolute Gasteiger partial charge is 0.262 e. The van der Waals surface area contributed by atoms with Crippen molar-refractivity contribution in [3.05, 3.63) is 68.4 Å². The second kappa shape index (κ2) is 15.7. The number of benzene rings is 2. The highest BCUT2D eigenvalue weighted by molar-refractivity contribution is 7.17. The van der Waals surface area contributed by atoms with Gasteiger partial charge >= 0.3 is 0 Å². The summed E-state index contributed by atoms with van der Waals surface area (Å²) in [6.45, 7) is 4.79. The molecule has 0 saturated heterocycles. The summed E-state index contributed by atoms with van der Waals surface area (Å²) in [5.74, 6) is -1.86. The molecule has 0 spiro atoms. The fourth-order valence-electron chi connectivity index (χ4n) is 7.18. The van der Waals surface area contributed by atoms with Gasteiger partial charge in [-0.05, 0) is 49.2 Å². The van der Waals surface area contributed by atoms with Crippen molar-refractivity contribution in [3.8, 4) is 20.9 Å². The maximum Gasteiger partial charge on any atom is 0.262 e. The van der Waals surface area contributed by atoms with E-state index in [1.54, 1.807) is 36.4 Å². The zero-order chi connectivity index (χ0) is 35.4. The van der Waals surface area contributed by atoms with E-state index in [0.717, 1.165) is 76.8 Å². The van der Waals surface area contributed by atoms with Gasteiger partial charge in [0.1, 0.15) is 0 Å². The number of thiophene rings is 2. The molecule has 4 aromatic rings. The number of hydrogen-bond donors (Lipinski definition) is 0. The Morgan fingerprint density at radius 2 is 0.880 bits per heavy atom. The molecule has 0 bridgehead atoms. The highest BCUT2D eigenvalue weighted by Gasteiger charge is 2.43. The third-order valence-electron chi connectivity index (χ3n) is 9.76. The van der Waals surface area contributed by atoms with Gasteiger partial charge in [-0.15, -0.1) is 22.7 Å². The maximum atomic E-state index is 14.5. The molecule has 6 rings (SSSR count). The second-order valence-corrected chi connectivity index (χ2v) is 15.4. The Bertz CT molecular complexity index is 1850. The van der Waals surface area contributed by atoms with Crippen LogP contribution < -0.4 is 0 Å². The molecular formula is C40H42N2O6S2. The van der Waals surface area contributed by atoms with Crippen molar-refractivity contribution in [2.75, 3.05) is 13.1 Å². The Labute approximate surface area is 300 Å². The maximum absolute atomic E-state index is 14.5. The molecule has 260 valence electrons. The lowest BCUT2D eigenvalue weighted by molar-refractivity contribution is 0.0587. The van der Waals surface area contributed by atoms with Crippen molar-refractivity contribution >= 4 is 69.6 Å². The van der Waals surface area contributed by atoms with Crippen molar-refractivity contribution in [2.24, 2.45) is 0 Å². The van der Waals surface area contributed by atoms with Gasteiger partial charge in [-0.3, -0.25) is 38.6 Å². The van der Waals surface area contributed by atoms with Crippen molar-refractivity contribution in [3.63, 3.8) is 0 Å². The minimum absolute atomic E-state index is 0.241. The molecule has 0 atom stereocenters. The zero-order valence-electron chi connectivity index (χ0n) is 28.7. The van der Waals surface area contributed by atoms with E-state index in [4.69, 9.17) is 0 Å². The first-order valence-corrected chi connectivity index (χ1v) is 19.5. The number of carbonyl (C=O) groups is 6. The van der Waals surface area contributed by atoms with Crippen LogP contribution in [0, 0.1) is 0 Å². The van der Waals surface area contributed by atoms with Gasteiger partial charge in [-0.1, -0.05) is 78.1 Å². The summed E-state index contributed by atoms with van der Waals surface area (Å²) >= 11 is 2.43. The van der Waals surface area contributed by atoms with Gasteiger partial charge in [-0.2, -0.15) is 0 Å². The summed E-state index contributed by atoms with van der Waals surface area (Å²) < 4.78 is 0. The fraction of sp³-hybridized carbons (Fsp3) is 0.400. The van der Waals surface area contributed by atoms with Crippen LogP contribution in [0.25, 0.3) is 31.7 Å². The Kier molecular flexibility index (Phi) is 11.2. The lowest BCUT2D eigenvalue weighted by atomic mass is 9.80. The van der Waals surface area contributed by atoms with Crippen LogP contribution in [-0.4, -0.2) is 59.1 Å². The van der Waals surface area contributed by atoms with Gasteiger partial charge in [0, 0.05) is 55.9 Å². The summed E-state index contributed by atoms with van der Waals surface area (Å²) in [6, 6.07) is 10.2. The number of carbonyl (C=O) groups excluding carboxylic acids is 6. The lowest BCUT2D eigenvalue weighted by Crippen LogP contribution is -2.44. The Morgan fingerprint density at radius 1 is 0.500 bits per heavy atom. The molecule has 0 aliphatic carbocycles. The monoisotopic (exact) mass is 710 g/mol. The number of nitrogens with zero attached hydrogens (tertiary/aromatic N) is 2. The summed E-state index contributed by atoms with van der Waals surface area (Å²) in [6.07, 6.45) is 13.3. The van der Waals surface area contributed by atoms with Crippen LogP contribution in [0.2, 0.25) is 0 Å². The predicted molar refractivity (Wildman–Crippen MR) is 199 cm³/mol. The summed E-state index contributed by atoms with van der Waals surface area (Å²) in [5, 5.41) is 0.610. The first kappa shape index (κ1) is 35.5. The zero-order valence-corrected chi connectivity index (χ0v) is 30.3. The molecular weight excluding hydrogens is 669 g/mol. The number of rotatable bonds is 18. The number of unbranched alkanes of at least 4 members (excludes halogenated alkanes) is 10. The molecule has 50 heavy (non-hydrogen) atoms. The molecule has 8 nitrogen and oxygen atoms in total. The van der Waals surface area contributed by atoms with Gasteiger partial charge < -0.3 is 0 Å². The largest absolute Gasteiger partial charge is 0.297 e. The van der Waals surface area contributed by atoms with E-state index in [1.807, 2.05) is 0 Å². The number of amides is 4. The molecule has 0 radical (unpaired) electrons. The average molecular weight is 711 g/mol. The predicted octanol–water partition coefficient (Wildman–Crippen LogP) is 9.83. The van der Waals surface area contributed by atoms with Gasteiger partial charge in [-0.25, -0.2) is 0 Å². The Balaban J connectivity index is 1.54. The van der Waals surface area contributed by atoms with Crippen molar-refractivity contribution < 1.29 is 28.8 Å². The highest BCUT2D eigenvalue weighted by atomic mass is 32.1. The molecule has 2 aliphatic rings. The fourth-order valence-corrected chi connectivity index (χ4v) is 8.87. The summed E-state index contributed by atoms with van der Waals surface area (Å²) in [5.41, 5.74) is 1.97. The van der Waals surface area contributed by atoms with Gasteiger partial charge in [0.25, 0.3) is 23.6 Å². The molecule has 2 aromatic heterocycles. The van der Waals surface area contributed by atoms with E-state index >= 15 is 0 Å². The minimum atomic E-state index is -0.467. The van der Waals surface area contributed by atoms with E-state index in [2.05, 4.69) is 13.8 Å². The normalized spacial score (nSPS) is 14.0. The molecule has 2 aromatic carbocycles. The van der Waals surface area contributed by atoms with Crippen molar-refractivity contribution in [1.29, 1.82) is 0 Å². The van der Waals surface area contributed by atoms with Crippen LogP contribution in [0.4, 0.5) is 0 Å².